The molecule has 12 nitrogen and oxygen atoms in total. The molecule has 5 rings (SSSR count). The zero-order valence-corrected chi connectivity index (χ0v) is 18.5. The minimum atomic E-state index is -4.27. The molecule has 1 aliphatic heterocycles. The van der Waals surface area contributed by atoms with Gasteiger partial charge in [0.25, 0.3) is 0 Å². The Hall–Kier alpha value is -2.68. The molecule has 0 radical (unpaired) electrons. The van der Waals surface area contributed by atoms with Crippen molar-refractivity contribution in [2.45, 2.75) is 56.5 Å². The van der Waals surface area contributed by atoms with Crippen molar-refractivity contribution in [2.24, 2.45) is 5.14 Å². The largest absolute Gasteiger partial charge is 0.387 e. The van der Waals surface area contributed by atoms with Gasteiger partial charge in [0.15, 0.2) is 23.2 Å². The Balaban J connectivity index is 1.41. The van der Waals surface area contributed by atoms with Crippen molar-refractivity contribution in [1.82, 2.24) is 19.5 Å². The average molecular weight is 477 g/mol. The molecule has 0 amide bonds. The van der Waals surface area contributed by atoms with Crippen molar-refractivity contribution in [3.05, 3.63) is 48.0 Å². The molecule has 5 N–H and O–H groups in total. The summed E-state index contributed by atoms with van der Waals surface area (Å²) in [5, 5.41) is 29.4. The van der Waals surface area contributed by atoms with Gasteiger partial charge in [0.1, 0.15) is 30.7 Å². The molecule has 2 aromatic heterocycles. The maximum atomic E-state index is 11.2. The first-order chi connectivity index (χ1) is 15.7. The number of ether oxygens (including phenoxy) is 1. The Labute approximate surface area is 189 Å². The lowest BCUT2D eigenvalue weighted by atomic mass is 10.1. The molecule has 6 atom stereocenters. The Morgan fingerprint density at radius 3 is 2.82 bits per heavy atom. The second-order valence-corrected chi connectivity index (χ2v) is 9.43. The number of aryl methyl sites for hydroxylation is 1. The summed E-state index contributed by atoms with van der Waals surface area (Å²) in [6.07, 6.45) is -1.44. The molecule has 33 heavy (non-hydrogen) atoms. The van der Waals surface area contributed by atoms with Gasteiger partial charge in [0.2, 0.25) is 0 Å². The second-order valence-electron chi connectivity index (χ2n) is 8.25. The van der Waals surface area contributed by atoms with Gasteiger partial charge in [0, 0.05) is 0 Å². The van der Waals surface area contributed by atoms with Gasteiger partial charge in [0.05, 0.1) is 12.4 Å². The van der Waals surface area contributed by atoms with Crippen LogP contribution in [0.15, 0.2) is 36.9 Å². The standard InChI is InChI=1S/C20H24N6O6S/c1-10(32-33(21,29)30)17-15(27)16(28)20(31-17)26-9-24-14-18(22-8-23-19(14)26)25-13-7-6-11-4-2-3-5-12(11)13/h2-5,8-10,13,15-17,20,27-28H,6-7H2,1H3,(H2,21,29,30)(H,22,23,25)/t10-,13+,15+,16-,17-,20-/m1/s1. The highest BCUT2D eigenvalue weighted by atomic mass is 32.2. The number of benzene rings is 1. The second kappa shape index (κ2) is 8.27. The number of nitrogens with zero attached hydrogens (tertiary/aromatic N) is 4. The smallest absolute Gasteiger partial charge is 0.333 e. The molecule has 13 heteroatoms. The number of imidazole rings is 1. The normalized spacial score (nSPS) is 28.2. The van der Waals surface area contributed by atoms with E-state index in [1.807, 2.05) is 12.1 Å². The first-order valence-corrected chi connectivity index (χ1v) is 11.9. The van der Waals surface area contributed by atoms with Crippen LogP contribution in [0.25, 0.3) is 11.2 Å². The highest BCUT2D eigenvalue weighted by Gasteiger charge is 2.47. The van der Waals surface area contributed by atoms with Crippen LogP contribution in [0.1, 0.15) is 36.7 Å². The van der Waals surface area contributed by atoms with Crippen LogP contribution >= 0.6 is 0 Å². The average Bonchev–Trinajstić information content (AvgIpc) is 3.45. The van der Waals surface area contributed by atoms with Crippen molar-refractivity contribution in [3.63, 3.8) is 0 Å². The van der Waals surface area contributed by atoms with Gasteiger partial charge in [-0.25, -0.2) is 20.1 Å². The minimum absolute atomic E-state index is 0.0835. The molecule has 1 fully saturated rings. The molecule has 0 saturated carbocycles. The molecule has 1 aromatic carbocycles. The lowest BCUT2D eigenvalue weighted by molar-refractivity contribution is -0.0694. The first kappa shape index (κ1) is 22.1. The van der Waals surface area contributed by atoms with Crippen LogP contribution in [-0.4, -0.2) is 62.6 Å². The van der Waals surface area contributed by atoms with E-state index in [0.717, 1.165) is 12.8 Å². The number of nitrogens with one attached hydrogen (secondary N) is 1. The van der Waals surface area contributed by atoms with Crippen LogP contribution in [-0.2, 0) is 25.6 Å². The van der Waals surface area contributed by atoms with Crippen LogP contribution in [0, 0.1) is 0 Å². The Bertz CT molecular complexity index is 1280. The van der Waals surface area contributed by atoms with Crippen molar-refractivity contribution < 1.29 is 27.6 Å². The molecular formula is C20H24N6O6S. The third-order valence-electron chi connectivity index (χ3n) is 6.10. The summed E-state index contributed by atoms with van der Waals surface area (Å²) >= 11 is 0. The molecule has 0 spiro atoms. The number of anilines is 1. The number of aliphatic hydroxyl groups excluding tert-OH is 2. The highest BCUT2D eigenvalue weighted by molar-refractivity contribution is 7.84. The Morgan fingerprint density at radius 2 is 2.03 bits per heavy atom. The number of fused-ring (bicyclic) bond motifs is 2. The van der Waals surface area contributed by atoms with Gasteiger partial charge in [-0.05, 0) is 30.9 Å². The summed E-state index contributed by atoms with van der Waals surface area (Å²) in [6, 6.07) is 8.31. The van der Waals surface area contributed by atoms with E-state index >= 15 is 0 Å². The molecule has 0 unspecified atom stereocenters. The van der Waals surface area contributed by atoms with Crippen LogP contribution in [0.5, 0.6) is 0 Å². The molecule has 176 valence electrons. The number of rotatable bonds is 6. The third kappa shape index (κ3) is 4.07. The third-order valence-corrected chi connectivity index (χ3v) is 6.67. The van der Waals surface area contributed by atoms with Gasteiger partial charge < -0.3 is 20.3 Å². The van der Waals surface area contributed by atoms with Gasteiger partial charge >= 0.3 is 10.3 Å². The van der Waals surface area contributed by atoms with E-state index < -0.39 is 40.9 Å². The molecule has 1 saturated heterocycles. The van der Waals surface area contributed by atoms with Gasteiger partial charge in [-0.2, -0.15) is 8.42 Å². The fourth-order valence-corrected chi connectivity index (χ4v) is 5.12. The minimum Gasteiger partial charge on any atom is -0.387 e. The van der Waals surface area contributed by atoms with E-state index in [-0.39, 0.29) is 6.04 Å². The predicted octanol–water partition coefficient (Wildman–Crippen LogP) is 0.154. The van der Waals surface area contributed by atoms with Crippen LogP contribution < -0.4 is 10.5 Å². The van der Waals surface area contributed by atoms with Gasteiger partial charge in [-0.1, -0.05) is 24.3 Å². The lowest BCUT2D eigenvalue weighted by Crippen LogP contribution is -2.40. The summed E-state index contributed by atoms with van der Waals surface area (Å²) in [5.41, 5.74) is 3.37. The molecule has 3 aromatic rings. The highest BCUT2D eigenvalue weighted by Crippen LogP contribution is 2.36. The first-order valence-electron chi connectivity index (χ1n) is 10.5. The van der Waals surface area contributed by atoms with E-state index in [9.17, 15) is 18.6 Å². The number of aromatic nitrogens is 4. The number of nitrogens with two attached hydrogens (primary N) is 1. The predicted molar refractivity (Wildman–Crippen MR) is 116 cm³/mol. The molecule has 3 heterocycles. The van der Waals surface area contributed by atoms with E-state index in [1.54, 1.807) is 0 Å². The Morgan fingerprint density at radius 1 is 1.24 bits per heavy atom. The SMILES string of the molecule is C[C@@H](OS(N)(=O)=O)[C@H]1O[C@@H](n2cnc3c(N[C@H]4CCc5ccccc54)ncnc32)[C@H](O)[C@@H]1O. The van der Waals surface area contributed by atoms with Gasteiger partial charge in [-0.3, -0.25) is 8.75 Å². The van der Waals surface area contributed by atoms with Crippen molar-refractivity contribution >= 4 is 27.3 Å². The maximum Gasteiger partial charge on any atom is 0.333 e. The monoisotopic (exact) mass is 476 g/mol. The summed E-state index contributed by atoms with van der Waals surface area (Å²) in [7, 11) is -4.27. The van der Waals surface area contributed by atoms with E-state index in [0.29, 0.717) is 17.0 Å². The summed E-state index contributed by atoms with van der Waals surface area (Å²) in [5.74, 6) is 0.538. The topological polar surface area (TPSA) is 175 Å². The molecule has 1 aliphatic carbocycles. The zero-order chi connectivity index (χ0) is 23.3. The number of aliphatic hydroxyl groups is 2. The molecule has 0 bridgehead atoms. The van der Waals surface area contributed by atoms with Crippen LogP contribution in [0.3, 0.4) is 0 Å². The van der Waals surface area contributed by atoms with E-state index in [4.69, 9.17) is 14.1 Å². The maximum absolute atomic E-state index is 11.2. The fourth-order valence-electron chi connectivity index (χ4n) is 4.59. The summed E-state index contributed by atoms with van der Waals surface area (Å²) in [6.45, 7) is 1.38. The lowest BCUT2D eigenvalue weighted by Gasteiger charge is -2.20. The number of hydrogen-bond donors (Lipinski definition) is 4. The quantitative estimate of drug-likeness (QED) is 0.383. The summed E-state index contributed by atoms with van der Waals surface area (Å²) < 4.78 is 34.4. The fraction of sp³-hybridized carbons (Fsp3) is 0.450. The molecular weight excluding hydrogens is 452 g/mol. The molecule has 2 aliphatic rings. The zero-order valence-electron chi connectivity index (χ0n) is 17.6. The van der Waals surface area contributed by atoms with Crippen LogP contribution in [0.4, 0.5) is 5.82 Å². The van der Waals surface area contributed by atoms with Crippen molar-refractivity contribution in [3.8, 4) is 0 Å². The summed E-state index contributed by atoms with van der Waals surface area (Å²) in [4.78, 5) is 13.0. The van der Waals surface area contributed by atoms with Gasteiger partial charge in [-0.15, -0.1) is 0 Å². The van der Waals surface area contributed by atoms with E-state index in [1.165, 1.54) is 35.3 Å². The van der Waals surface area contributed by atoms with E-state index in [2.05, 4.69) is 32.4 Å². The van der Waals surface area contributed by atoms with Crippen LogP contribution in [0.2, 0.25) is 0 Å². The Kier molecular flexibility index (Phi) is 5.55. The number of hydrogen-bond acceptors (Lipinski definition) is 10. The van der Waals surface area contributed by atoms with Crippen molar-refractivity contribution in [1.29, 1.82) is 0 Å². The van der Waals surface area contributed by atoms with Crippen molar-refractivity contribution in [2.75, 3.05) is 5.32 Å².